The lowest BCUT2D eigenvalue weighted by atomic mass is 9.83. The van der Waals surface area contributed by atoms with Crippen molar-refractivity contribution in [1.82, 2.24) is 15.1 Å². The highest BCUT2D eigenvalue weighted by atomic mass is 35.5. The van der Waals surface area contributed by atoms with Crippen molar-refractivity contribution in [3.63, 3.8) is 0 Å². The molecule has 5 atom stereocenters. The van der Waals surface area contributed by atoms with E-state index in [-0.39, 0.29) is 47.2 Å². The average Bonchev–Trinajstić information content (AvgIpc) is 3.64. The summed E-state index contributed by atoms with van der Waals surface area (Å²) < 4.78 is 33.5. The van der Waals surface area contributed by atoms with E-state index in [2.05, 4.69) is 5.32 Å². The largest absolute Gasteiger partial charge is 0.494 e. The highest BCUT2D eigenvalue weighted by Gasteiger charge is 2.66. The van der Waals surface area contributed by atoms with Gasteiger partial charge in [0, 0.05) is 11.6 Å². The van der Waals surface area contributed by atoms with Gasteiger partial charge in [-0.2, -0.15) is 0 Å². The predicted molar refractivity (Wildman–Crippen MR) is 196 cm³/mol. The number of carbonyl (C=O) groups excluding carboxylic acids is 5. The summed E-state index contributed by atoms with van der Waals surface area (Å²) in [5.74, 6) is -2.41. The number of aliphatic hydroxyl groups excluding tert-OH is 1. The lowest BCUT2D eigenvalue weighted by Gasteiger charge is -2.47. The number of halogens is 2. The van der Waals surface area contributed by atoms with Gasteiger partial charge >= 0.3 is 24.1 Å². The van der Waals surface area contributed by atoms with E-state index in [1.54, 1.807) is 41.5 Å². The van der Waals surface area contributed by atoms with E-state index in [1.807, 2.05) is 0 Å². The van der Waals surface area contributed by atoms with Gasteiger partial charge < -0.3 is 38.8 Å². The third kappa shape index (κ3) is 8.95. The maximum atomic E-state index is 14.3. The van der Waals surface area contributed by atoms with Crippen LogP contribution in [0.2, 0.25) is 10.0 Å². The Morgan fingerprint density at radius 3 is 1.94 bits per heavy atom. The number of hydrogen-bond acceptors (Lipinski definition) is 12. The molecule has 0 bridgehead atoms. The second kappa shape index (κ2) is 16.7. The number of aliphatic hydroxyl groups is 1. The maximum absolute atomic E-state index is 14.3. The van der Waals surface area contributed by atoms with Gasteiger partial charge in [-0.15, -0.1) is 0 Å². The predicted octanol–water partition coefficient (Wildman–Crippen LogP) is 5.63. The minimum absolute atomic E-state index is 0.00885. The quantitative estimate of drug-likeness (QED) is 0.233. The fourth-order valence-electron chi connectivity index (χ4n) is 7.69. The standard InChI is InChI=1S/C37H53Cl2N3O12/c1-34(2,3)53-32(47)41-22(19-25(30(45)50-8)40-29(44)21-17-23(38)27(49-7)24(39)18-21)13-16-37(41,31(46)51-9)28(43)26-20-52-36(14-11-10-12-15-36)42(26)33(48)54-35(4,5)6/h17-18,22,25-26,28,43H,10-16,19-20H2,1-9H3,(H,40,44)/t22-,25+,26+,28+,37-/m1/s1. The Balaban J connectivity index is 1.78. The SMILES string of the molecule is COC(=O)[C@H](C[C@H]1CC[C@](C(=O)OC)([C@@H](O)[C@@H]2COC3(CCCCC3)N2C(=O)OC(C)(C)C)N1C(=O)OC(C)(C)C)NC(=O)c1cc(Cl)c(OC)c(Cl)c1. The Morgan fingerprint density at radius 1 is 0.889 bits per heavy atom. The zero-order chi connectivity index (χ0) is 40.4. The van der Waals surface area contributed by atoms with E-state index in [0.717, 1.165) is 38.4 Å². The molecule has 0 aromatic heterocycles. The van der Waals surface area contributed by atoms with Gasteiger partial charge in [-0.3, -0.25) is 14.6 Å². The highest BCUT2D eigenvalue weighted by Crippen LogP contribution is 2.48. The smallest absolute Gasteiger partial charge is 0.413 e. The summed E-state index contributed by atoms with van der Waals surface area (Å²) in [6.07, 6.45) is -0.525. The van der Waals surface area contributed by atoms with Gasteiger partial charge in [-0.1, -0.05) is 29.6 Å². The zero-order valence-electron chi connectivity index (χ0n) is 32.4. The molecule has 302 valence electrons. The summed E-state index contributed by atoms with van der Waals surface area (Å²) in [5.41, 5.74) is -5.20. The molecule has 1 saturated carbocycles. The van der Waals surface area contributed by atoms with Crippen LogP contribution in [0.4, 0.5) is 9.59 Å². The van der Waals surface area contributed by atoms with Gasteiger partial charge in [0.25, 0.3) is 5.91 Å². The third-order valence-corrected chi connectivity index (χ3v) is 10.5. The molecule has 3 fully saturated rings. The molecule has 1 aromatic carbocycles. The van der Waals surface area contributed by atoms with Crippen molar-refractivity contribution in [2.24, 2.45) is 0 Å². The molecule has 54 heavy (non-hydrogen) atoms. The number of carbonyl (C=O) groups is 5. The number of ether oxygens (including phenoxy) is 6. The molecule has 0 unspecified atom stereocenters. The summed E-state index contributed by atoms with van der Waals surface area (Å²) in [5, 5.41) is 15.3. The van der Waals surface area contributed by atoms with Gasteiger partial charge in [0.1, 0.15) is 29.1 Å². The lowest BCUT2D eigenvalue weighted by molar-refractivity contribution is -0.167. The average molecular weight is 803 g/mol. The number of benzene rings is 1. The molecule has 2 aliphatic heterocycles. The fraction of sp³-hybridized carbons (Fsp3) is 0.703. The van der Waals surface area contributed by atoms with E-state index in [4.69, 9.17) is 51.6 Å². The molecular formula is C37H53Cl2N3O12. The first kappa shape index (κ1) is 43.2. The Bertz CT molecular complexity index is 1570. The number of amides is 3. The van der Waals surface area contributed by atoms with Crippen molar-refractivity contribution in [3.8, 4) is 5.75 Å². The molecule has 3 aliphatic rings. The first-order chi connectivity index (χ1) is 25.1. The van der Waals surface area contributed by atoms with E-state index >= 15 is 0 Å². The molecule has 15 nitrogen and oxygen atoms in total. The van der Waals surface area contributed by atoms with Crippen LogP contribution in [-0.2, 0) is 33.3 Å². The van der Waals surface area contributed by atoms with Gasteiger partial charge in [-0.05, 0) is 98.6 Å². The molecule has 1 spiro atoms. The minimum atomic E-state index is -2.14. The monoisotopic (exact) mass is 801 g/mol. The molecule has 4 rings (SSSR count). The number of likely N-dealkylation sites (tertiary alicyclic amines) is 1. The Morgan fingerprint density at radius 2 is 1.44 bits per heavy atom. The van der Waals surface area contributed by atoms with Gasteiger partial charge in [0.05, 0.1) is 44.0 Å². The number of esters is 2. The zero-order valence-corrected chi connectivity index (χ0v) is 33.9. The number of hydrogen-bond donors (Lipinski definition) is 2. The first-order valence-corrected chi connectivity index (χ1v) is 18.8. The van der Waals surface area contributed by atoms with Crippen LogP contribution in [0.1, 0.15) is 103 Å². The van der Waals surface area contributed by atoms with Crippen LogP contribution in [-0.4, -0.2) is 120 Å². The topological polar surface area (TPSA) is 179 Å². The van der Waals surface area contributed by atoms with Crippen LogP contribution in [0.25, 0.3) is 0 Å². The molecule has 3 amide bonds. The lowest BCUT2D eigenvalue weighted by Crippen LogP contribution is -2.69. The van der Waals surface area contributed by atoms with Crippen LogP contribution in [0.3, 0.4) is 0 Å². The van der Waals surface area contributed by atoms with Crippen molar-refractivity contribution in [2.75, 3.05) is 27.9 Å². The second-order valence-corrected chi connectivity index (χ2v) is 16.7. The van der Waals surface area contributed by atoms with Crippen molar-refractivity contribution >= 4 is 53.2 Å². The fourth-order valence-corrected chi connectivity index (χ4v) is 8.33. The summed E-state index contributed by atoms with van der Waals surface area (Å²) in [7, 11) is 3.63. The normalized spacial score (nSPS) is 23.7. The van der Waals surface area contributed by atoms with Crippen molar-refractivity contribution in [1.29, 1.82) is 0 Å². The molecule has 1 aliphatic carbocycles. The third-order valence-electron chi connectivity index (χ3n) is 9.92. The number of nitrogens with one attached hydrogen (secondary N) is 1. The minimum Gasteiger partial charge on any atom is -0.494 e. The maximum Gasteiger partial charge on any atom is 0.413 e. The van der Waals surface area contributed by atoms with Crippen LogP contribution >= 0.6 is 23.2 Å². The molecule has 2 saturated heterocycles. The molecular weight excluding hydrogens is 749 g/mol. The molecule has 2 N–H and O–H groups in total. The van der Waals surface area contributed by atoms with Gasteiger partial charge in [0.2, 0.25) is 0 Å². The number of nitrogens with zero attached hydrogens (tertiary/aromatic N) is 2. The van der Waals surface area contributed by atoms with E-state index in [1.165, 1.54) is 24.1 Å². The first-order valence-electron chi connectivity index (χ1n) is 18.0. The Labute approximate surface area is 326 Å². The highest BCUT2D eigenvalue weighted by molar-refractivity contribution is 6.37. The van der Waals surface area contributed by atoms with Crippen LogP contribution < -0.4 is 10.1 Å². The number of rotatable bonds is 9. The van der Waals surface area contributed by atoms with Crippen LogP contribution in [0, 0.1) is 0 Å². The van der Waals surface area contributed by atoms with Gasteiger partial charge in [0.15, 0.2) is 11.3 Å². The van der Waals surface area contributed by atoms with Crippen molar-refractivity contribution in [3.05, 3.63) is 27.7 Å². The molecule has 1 aromatic rings. The summed E-state index contributed by atoms with van der Waals surface area (Å²) in [6.45, 7) is 9.90. The summed E-state index contributed by atoms with van der Waals surface area (Å²) in [4.78, 5) is 71.7. The van der Waals surface area contributed by atoms with E-state index in [0.29, 0.717) is 12.8 Å². The van der Waals surface area contributed by atoms with Crippen molar-refractivity contribution in [2.45, 2.75) is 140 Å². The Kier molecular flexibility index (Phi) is 13.3. The van der Waals surface area contributed by atoms with Crippen LogP contribution in [0.5, 0.6) is 5.75 Å². The van der Waals surface area contributed by atoms with Crippen molar-refractivity contribution < 1.29 is 57.5 Å². The molecule has 17 heteroatoms. The molecule has 2 heterocycles. The van der Waals surface area contributed by atoms with E-state index < -0.39 is 76.7 Å². The van der Waals surface area contributed by atoms with E-state index in [9.17, 15) is 29.1 Å². The summed E-state index contributed by atoms with van der Waals surface area (Å²) in [6, 6.07) is -0.920. The second-order valence-electron chi connectivity index (χ2n) is 15.9. The van der Waals surface area contributed by atoms with Gasteiger partial charge in [-0.25, -0.2) is 19.2 Å². The Hall–Kier alpha value is -3.53. The number of methoxy groups -OCH3 is 3. The molecule has 0 radical (unpaired) electrons. The van der Waals surface area contributed by atoms with Crippen LogP contribution in [0.15, 0.2) is 12.1 Å². The summed E-state index contributed by atoms with van der Waals surface area (Å²) >= 11 is 12.5.